The molecule has 1 aliphatic rings. The van der Waals surface area contributed by atoms with Gasteiger partial charge >= 0.3 is 0 Å². The Bertz CT molecular complexity index is 1170. The van der Waals surface area contributed by atoms with Gasteiger partial charge in [-0.3, -0.25) is 4.79 Å². The molecule has 0 spiro atoms. The van der Waals surface area contributed by atoms with Crippen molar-refractivity contribution in [1.29, 1.82) is 0 Å². The number of thioether (sulfide) groups is 1. The number of piperidine rings is 1. The Morgan fingerprint density at radius 2 is 1.78 bits per heavy atom. The normalized spacial score (nSPS) is 13.9. The number of nitrogens with zero attached hydrogens (tertiary/aromatic N) is 4. The molecule has 0 saturated carbocycles. The van der Waals surface area contributed by atoms with Gasteiger partial charge in [-0.1, -0.05) is 36.0 Å². The quantitative estimate of drug-likeness (QED) is 0.384. The van der Waals surface area contributed by atoms with Gasteiger partial charge in [-0.15, -0.1) is 21.5 Å². The summed E-state index contributed by atoms with van der Waals surface area (Å²) in [4.78, 5) is 19.2. The maximum Gasteiger partial charge on any atom is 0.234 e. The zero-order chi connectivity index (χ0) is 21.8. The molecule has 0 unspecified atom stereocenters. The van der Waals surface area contributed by atoms with Crippen molar-refractivity contribution in [2.75, 3.05) is 29.1 Å². The average molecular weight is 462 g/mol. The number of carbonyl (C=O) groups excluding carboxylic acids is 1. The van der Waals surface area contributed by atoms with Gasteiger partial charge < -0.3 is 10.2 Å². The van der Waals surface area contributed by atoms with E-state index < -0.39 is 0 Å². The van der Waals surface area contributed by atoms with Crippen molar-refractivity contribution in [3.05, 3.63) is 60.7 Å². The molecule has 1 N–H and O–H groups in total. The third-order valence-electron chi connectivity index (χ3n) is 5.40. The fraction of sp³-hybridized carbons (Fsp3) is 0.250. The fourth-order valence-electron chi connectivity index (χ4n) is 3.73. The minimum Gasteiger partial charge on any atom is -0.355 e. The Morgan fingerprint density at radius 1 is 0.969 bits per heavy atom. The second kappa shape index (κ2) is 9.67. The second-order valence-corrected chi connectivity index (χ2v) is 9.94. The van der Waals surface area contributed by atoms with Crippen molar-refractivity contribution in [1.82, 2.24) is 15.2 Å². The Kier molecular flexibility index (Phi) is 6.31. The Labute approximate surface area is 195 Å². The SMILES string of the molecule is O=C(CSc1nc2ccccc2s1)Nc1ccc(-c2ccc(N3CCCCC3)nn2)cc1. The van der Waals surface area contributed by atoms with E-state index in [2.05, 4.69) is 25.4 Å². The van der Waals surface area contributed by atoms with Crippen LogP contribution in [0.1, 0.15) is 19.3 Å². The van der Waals surface area contributed by atoms with Gasteiger partial charge in [0, 0.05) is 24.3 Å². The number of amides is 1. The molecule has 1 aliphatic heterocycles. The maximum absolute atomic E-state index is 12.4. The molecule has 5 rings (SSSR count). The summed E-state index contributed by atoms with van der Waals surface area (Å²) in [6, 6.07) is 19.8. The van der Waals surface area contributed by atoms with Crippen molar-refractivity contribution in [2.45, 2.75) is 23.6 Å². The molecule has 0 atom stereocenters. The van der Waals surface area contributed by atoms with Crippen LogP contribution in [0.25, 0.3) is 21.5 Å². The van der Waals surface area contributed by atoms with Crippen molar-refractivity contribution in [2.24, 2.45) is 0 Å². The predicted octanol–water partition coefficient (Wildman–Crippen LogP) is 5.47. The van der Waals surface area contributed by atoms with E-state index in [9.17, 15) is 4.79 Å². The minimum atomic E-state index is -0.0484. The summed E-state index contributed by atoms with van der Waals surface area (Å²) in [7, 11) is 0. The number of carbonyl (C=O) groups is 1. The fourth-order valence-corrected chi connectivity index (χ4v) is 5.60. The van der Waals surface area contributed by atoms with Crippen molar-refractivity contribution < 1.29 is 4.79 Å². The smallest absolute Gasteiger partial charge is 0.234 e. The van der Waals surface area contributed by atoms with Gasteiger partial charge in [0.2, 0.25) is 5.91 Å². The lowest BCUT2D eigenvalue weighted by atomic mass is 10.1. The number of thiazole rings is 1. The monoisotopic (exact) mass is 461 g/mol. The van der Waals surface area contributed by atoms with Gasteiger partial charge in [-0.25, -0.2) is 4.98 Å². The number of para-hydroxylation sites is 1. The Hall–Kier alpha value is -2.97. The molecule has 1 fully saturated rings. The van der Waals surface area contributed by atoms with E-state index >= 15 is 0 Å². The highest BCUT2D eigenvalue weighted by molar-refractivity contribution is 8.01. The number of fused-ring (bicyclic) bond motifs is 1. The molecule has 1 saturated heterocycles. The molecule has 0 radical (unpaired) electrons. The highest BCUT2D eigenvalue weighted by Gasteiger charge is 2.13. The van der Waals surface area contributed by atoms with E-state index in [0.29, 0.717) is 5.75 Å². The Morgan fingerprint density at radius 3 is 2.53 bits per heavy atom. The van der Waals surface area contributed by atoms with Gasteiger partial charge in [0.05, 0.1) is 21.7 Å². The standard InChI is InChI=1S/C24H23N5OS2/c30-23(16-31-24-26-20-6-2-3-7-21(20)32-24)25-18-10-8-17(9-11-18)19-12-13-22(28-27-19)29-14-4-1-5-15-29/h2-3,6-13H,1,4-5,14-16H2,(H,25,30). The second-order valence-electron chi connectivity index (χ2n) is 7.69. The van der Waals surface area contributed by atoms with Crippen LogP contribution in [-0.4, -0.2) is 39.9 Å². The maximum atomic E-state index is 12.4. The molecule has 4 aromatic rings. The molecule has 8 heteroatoms. The van der Waals surface area contributed by atoms with E-state index in [1.54, 1.807) is 11.3 Å². The van der Waals surface area contributed by atoms with Crippen LogP contribution >= 0.6 is 23.1 Å². The number of anilines is 2. The summed E-state index contributed by atoms with van der Waals surface area (Å²) in [5.41, 5.74) is 3.55. The molecule has 3 heterocycles. The zero-order valence-electron chi connectivity index (χ0n) is 17.5. The molecule has 162 valence electrons. The number of nitrogens with one attached hydrogen (secondary N) is 1. The first-order chi connectivity index (χ1) is 15.7. The predicted molar refractivity (Wildman–Crippen MR) is 133 cm³/mol. The highest BCUT2D eigenvalue weighted by Crippen LogP contribution is 2.29. The van der Waals surface area contributed by atoms with Gasteiger partial charge in [0.1, 0.15) is 0 Å². The van der Waals surface area contributed by atoms with Crippen molar-refractivity contribution in [3.63, 3.8) is 0 Å². The number of rotatable bonds is 6. The molecule has 32 heavy (non-hydrogen) atoms. The van der Waals surface area contributed by atoms with E-state index in [0.717, 1.165) is 50.4 Å². The van der Waals surface area contributed by atoms with Crippen LogP contribution in [0.3, 0.4) is 0 Å². The lowest BCUT2D eigenvalue weighted by molar-refractivity contribution is -0.113. The molecule has 0 bridgehead atoms. The van der Waals surface area contributed by atoms with Crippen molar-refractivity contribution in [3.8, 4) is 11.3 Å². The summed E-state index contributed by atoms with van der Waals surface area (Å²) in [6.45, 7) is 2.11. The molecular weight excluding hydrogens is 438 g/mol. The molecule has 0 aliphatic carbocycles. The van der Waals surface area contributed by atoms with E-state index in [1.807, 2.05) is 60.7 Å². The van der Waals surface area contributed by atoms with Crippen LogP contribution in [0.2, 0.25) is 0 Å². The summed E-state index contributed by atoms with van der Waals surface area (Å²) in [6.07, 6.45) is 3.73. The number of benzene rings is 2. The molecule has 1 amide bonds. The summed E-state index contributed by atoms with van der Waals surface area (Å²) < 4.78 is 2.04. The number of hydrogen-bond acceptors (Lipinski definition) is 7. The van der Waals surface area contributed by atoms with Gasteiger partial charge in [0.25, 0.3) is 0 Å². The molecule has 2 aromatic heterocycles. The lowest BCUT2D eigenvalue weighted by Crippen LogP contribution is -2.30. The lowest BCUT2D eigenvalue weighted by Gasteiger charge is -2.27. The first-order valence-electron chi connectivity index (χ1n) is 10.7. The van der Waals surface area contributed by atoms with Gasteiger partial charge in [0.15, 0.2) is 10.2 Å². The Balaban J connectivity index is 1.16. The van der Waals surface area contributed by atoms with E-state index in [-0.39, 0.29) is 5.91 Å². The first-order valence-corrected chi connectivity index (χ1v) is 12.5. The largest absolute Gasteiger partial charge is 0.355 e. The first kappa shape index (κ1) is 20.9. The summed E-state index contributed by atoms with van der Waals surface area (Å²) in [5, 5.41) is 11.8. The van der Waals surface area contributed by atoms with E-state index in [4.69, 9.17) is 0 Å². The van der Waals surface area contributed by atoms with Crippen LogP contribution in [-0.2, 0) is 4.79 Å². The van der Waals surface area contributed by atoms with Crippen LogP contribution in [0, 0.1) is 0 Å². The average Bonchev–Trinajstić information content (AvgIpc) is 3.27. The van der Waals surface area contributed by atoms with Crippen LogP contribution in [0.15, 0.2) is 65.0 Å². The molecule has 6 nitrogen and oxygen atoms in total. The van der Waals surface area contributed by atoms with E-state index in [1.165, 1.54) is 31.0 Å². The highest BCUT2D eigenvalue weighted by atomic mass is 32.2. The molecular formula is C24H23N5OS2. The number of aromatic nitrogens is 3. The van der Waals surface area contributed by atoms with Crippen LogP contribution < -0.4 is 10.2 Å². The summed E-state index contributed by atoms with van der Waals surface area (Å²) in [5.74, 6) is 1.22. The molecule has 2 aromatic carbocycles. The summed E-state index contributed by atoms with van der Waals surface area (Å²) >= 11 is 3.07. The zero-order valence-corrected chi connectivity index (χ0v) is 19.2. The third kappa shape index (κ3) is 4.92. The van der Waals surface area contributed by atoms with Crippen LogP contribution in [0.5, 0.6) is 0 Å². The minimum absolute atomic E-state index is 0.0484. The number of hydrogen-bond donors (Lipinski definition) is 1. The third-order valence-corrected chi connectivity index (χ3v) is 7.58. The van der Waals surface area contributed by atoms with Crippen molar-refractivity contribution >= 4 is 50.7 Å². The topological polar surface area (TPSA) is 71.0 Å². The van der Waals surface area contributed by atoms with Gasteiger partial charge in [-0.05, 0) is 55.7 Å². The van der Waals surface area contributed by atoms with Crippen LogP contribution in [0.4, 0.5) is 11.5 Å². The van der Waals surface area contributed by atoms with Gasteiger partial charge in [-0.2, -0.15) is 0 Å².